The van der Waals surface area contributed by atoms with Crippen LogP contribution < -0.4 is 5.32 Å². The molecule has 0 saturated carbocycles. The number of amides is 1. The summed E-state index contributed by atoms with van der Waals surface area (Å²) in [5.41, 5.74) is 3.34. The molecule has 0 radical (unpaired) electrons. The Hall–Kier alpha value is -2.43. The van der Waals surface area contributed by atoms with Crippen molar-refractivity contribution >= 4 is 28.4 Å². The van der Waals surface area contributed by atoms with Gasteiger partial charge in [-0.1, -0.05) is 54.1 Å². The molecular formula is C25H28ClN3O. The topological polar surface area (TPSA) is 45.2 Å². The molecule has 5 heteroatoms. The van der Waals surface area contributed by atoms with Crippen molar-refractivity contribution in [3.8, 4) is 0 Å². The van der Waals surface area contributed by atoms with Gasteiger partial charge in [0.1, 0.15) is 0 Å². The van der Waals surface area contributed by atoms with Crippen LogP contribution in [0.3, 0.4) is 0 Å². The lowest BCUT2D eigenvalue weighted by Gasteiger charge is -2.33. The van der Waals surface area contributed by atoms with Crippen LogP contribution in [0.4, 0.5) is 0 Å². The van der Waals surface area contributed by atoms with Crippen LogP contribution in [0.25, 0.3) is 10.9 Å². The third-order valence-electron chi connectivity index (χ3n) is 5.93. The number of likely N-dealkylation sites (tertiary alicyclic amines) is 1. The quantitative estimate of drug-likeness (QED) is 0.570. The highest BCUT2D eigenvalue weighted by Crippen LogP contribution is 2.24. The van der Waals surface area contributed by atoms with E-state index in [1.165, 1.54) is 23.8 Å². The minimum Gasteiger partial charge on any atom is -0.352 e. The van der Waals surface area contributed by atoms with Crippen LogP contribution in [0.1, 0.15) is 36.8 Å². The molecule has 0 bridgehead atoms. The molecule has 4 nitrogen and oxygen atoms in total. The molecule has 1 fully saturated rings. The van der Waals surface area contributed by atoms with Crippen LogP contribution >= 0.6 is 11.6 Å². The Balaban J connectivity index is 1.27. The molecule has 30 heavy (non-hydrogen) atoms. The molecule has 3 aromatic rings. The second-order valence-electron chi connectivity index (χ2n) is 8.14. The minimum atomic E-state index is 0.102. The molecule has 0 aliphatic carbocycles. The van der Waals surface area contributed by atoms with Crippen LogP contribution in [0, 0.1) is 5.92 Å². The number of para-hydroxylation sites is 1. The predicted molar refractivity (Wildman–Crippen MR) is 122 cm³/mol. The Morgan fingerprint density at radius 3 is 2.83 bits per heavy atom. The predicted octanol–water partition coefficient (Wildman–Crippen LogP) is 5.20. The highest BCUT2D eigenvalue weighted by atomic mass is 35.5. The van der Waals surface area contributed by atoms with Gasteiger partial charge in [-0.25, -0.2) is 0 Å². The van der Waals surface area contributed by atoms with Crippen molar-refractivity contribution in [2.45, 2.75) is 38.8 Å². The molecular weight excluding hydrogens is 394 g/mol. The van der Waals surface area contributed by atoms with Gasteiger partial charge >= 0.3 is 0 Å². The molecule has 1 N–H and O–H groups in total. The first kappa shape index (κ1) is 20.8. The highest BCUT2D eigenvalue weighted by molar-refractivity contribution is 6.31. The van der Waals surface area contributed by atoms with E-state index in [-0.39, 0.29) is 5.91 Å². The summed E-state index contributed by atoms with van der Waals surface area (Å²) in [6, 6.07) is 18.2. The zero-order chi connectivity index (χ0) is 20.8. The maximum Gasteiger partial charge on any atom is 0.220 e. The van der Waals surface area contributed by atoms with E-state index < -0.39 is 0 Å². The second-order valence-corrected chi connectivity index (χ2v) is 8.55. The van der Waals surface area contributed by atoms with E-state index in [1.54, 1.807) is 0 Å². The minimum absolute atomic E-state index is 0.102. The normalized spacial score (nSPS) is 17.2. The van der Waals surface area contributed by atoms with E-state index in [1.807, 2.05) is 36.5 Å². The molecule has 4 rings (SSSR count). The lowest BCUT2D eigenvalue weighted by molar-refractivity contribution is -0.121. The number of piperidine rings is 1. The van der Waals surface area contributed by atoms with Crippen molar-refractivity contribution in [2.24, 2.45) is 5.92 Å². The van der Waals surface area contributed by atoms with E-state index in [9.17, 15) is 4.79 Å². The van der Waals surface area contributed by atoms with Crippen LogP contribution in [0.2, 0.25) is 5.02 Å². The number of hydrogen-bond acceptors (Lipinski definition) is 3. The van der Waals surface area contributed by atoms with Crippen LogP contribution in [0.5, 0.6) is 0 Å². The Labute approximate surface area is 183 Å². The molecule has 2 heterocycles. The van der Waals surface area contributed by atoms with Gasteiger partial charge in [-0.2, -0.15) is 0 Å². The number of carbonyl (C=O) groups is 1. The molecule has 2 aromatic carbocycles. The number of pyridine rings is 1. The van der Waals surface area contributed by atoms with Gasteiger partial charge in [0.2, 0.25) is 5.91 Å². The molecule has 1 aliphatic rings. The third-order valence-corrected chi connectivity index (χ3v) is 6.30. The second kappa shape index (κ2) is 10.1. The molecule has 156 valence electrons. The van der Waals surface area contributed by atoms with E-state index in [0.29, 0.717) is 23.9 Å². The Kier molecular flexibility index (Phi) is 6.98. The number of fused-ring (bicyclic) bond motifs is 1. The van der Waals surface area contributed by atoms with E-state index >= 15 is 0 Å². The van der Waals surface area contributed by atoms with Gasteiger partial charge in [0.05, 0.1) is 5.52 Å². The zero-order valence-corrected chi connectivity index (χ0v) is 17.9. The average molecular weight is 422 g/mol. The zero-order valence-electron chi connectivity index (χ0n) is 17.2. The summed E-state index contributed by atoms with van der Waals surface area (Å²) in [4.78, 5) is 19.4. The van der Waals surface area contributed by atoms with Gasteiger partial charge in [-0.3, -0.25) is 14.7 Å². The van der Waals surface area contributed by atoms with Crippen molar-refractivity contribution in [3.63, 3.8) is 0 Å². The Morgan fingerprint density at radius 1 is 1.10 bits per heavy atom. The standard InChI is InChI=1S/C25H28ClN3O/c26-23-11-2-1-7-21(23)16-28-24(30)13-12-19-6-5-15-29(17-19)18-22-9-3-8-20-10-4-14-27-25(20)22/h1-4,7-11,14,19H,5-6,12-13,15-18H2,(H,28,30)/t19-/m0/s1. The number of benzene rings is 2. The summed E-state index contributed by atoms with van der Waals surface area (Å²) in [7, 11) is 0. The molecule has 1 saturated heterocycles. The molecule has 1 amide bonds. The lowest BCUT2D eigenvalue weighted by atomic mass is 9.93. The number of hydrogen-bond donors (Lipinski definition) is 1. The summed E-state index contributed by atoms with van der Waals surface area (Å²) < 4.78 is 0. The fourth-order valence-electron chi connectivity index (χ4n) is 4.33. The maximum absolute atomic E-state index is 12.3. The summed E-state index contributed by atoms with van der Waals surface area (Å²) >= 11 is 6.16. The van der Waals surface area contributed by atoms with Crippen LogP contribution in [-0.4, -0.2) is 28.9 Å². The smallest absolute Gasteiger partial charge is 0.220 e. The Morgan fingerprint density at radius 2 is 1.93 bits per heavy atom. The van der Waals surface area contributed by atoms with Gasteiger partial charge in [0, 0.05) is 42.7 Å². The summed E-state index contributed by atoms with van der Waals surface area (Å²) in [6.07, 6.45) is 5.75. The van der Waals surface area contributed by atoms with Crippen molar-refractivity contribution in [1.29, 1.82) is 0 Å². The Bertz CT molecular complexity index is 1000. The first-order chi connectivity index (χ1) is 14.7. The van der Waals surface area contributed by atoms with Crippen molar-refractivity contribution in [1.82, 2.24) is 15.2 Å². The third kappa shape index (κ3) is 5.38. The van der Waals surface area contributed by atoms with E-state index in [4.69, 9.17) is 11.6 Å². The largest absolute Gasteiger partial charge is 0.352 e. The summed E-state index contributed by atoms with van der Waals surface area (Å²) in [5.74, 6) is 0.665. The first-order valence-electron chi connectivity index (χ1n) is 10.7. The van der Waals surface area contributed by atoms with Gasteiger partial charge < -0.3 is 5.32 Å². The fraction of sp³-hybridized carbons (Fsp3) is 0.360. The van der Waals surface area contributed by atoms with Crippen molar-refractivity contribution in [3.05, 3.63) is 76.9 Å². The maximum atomic E-state index is 12.3. The average Bonchev–Trinajstić information content (AvgIpc) is 2.78. The van der Waals surface area contributed by atoms with Gasteiger partial charge in [-0.05, 0) is 55.0 Å². The molecule has 1 atom stereocenters. The van der Waals surface area contributed by atoms with Crippen LogP contribution in [-0.2, 0) is 17.9 Å². The lowest BCUT2D eigenvalue weighted by Crippen LogP contribution is -2.35. The SMILES string of the molecule is O=C(CC[C@@H]1CCCN(Cc2cccc3cccnc23)C1)NCc1ccccc1Cl. The number of nitrogens with one attached hydrogen (secondary N) is 1. The monoisotopic (exact) mass is 421 g/mol. The first-order valence-corrected chi connectivity index (χ1v) is 11.1. The molecule has 1 aliphatic heterocycles. The van der Waals surface area contributed by atoms with E-state index in [2.05, 4.69) is 39.5 Å². The van der Waals surface area contributed by atoms with Gasteiger partial charge in [-0.15, -0.1) is 0 Å². The fourth-order valence-corrected chi connectivity index (χ4v) is 4.53. The number of rotatable bonds is 7. The number of halogens is 1. The van der Waals surface area contributed by atoms with Gasteiger partial charge in [0.25, 0.3) is 0 Å². The van der Waals surface area contributed by atoms with Crippen molar-refractivity contribution in [2.75, 3.05) is 13.1 Å². The molecule has 0 unspecified atom stereocenters. The highest BCUT2D eigenvalue weighted by Gasteiger charge is 2.21. The summed E-state index contributed by atoms with van der Waals surface area (Å²) in [6.45, 7) is 3.56. The number of aromatic nitrogens is 1. The number of nitrogens with zero attached hydrogens (tertiary/aromatic N) is 2. The molecule has 0 spiro atoms. The molecule has 1 aromatic heterocycles. The van der Waals surface area contributed by atoms with Crippen LogP contribution in [0.15, 0.2) is 60.8 Å². The van der Waals surface area contributed by atoms with Crippen molar-refractivity contribution < 1.29 is 4.79 Å². The van der Waals surface area contributed by atoms with Gasteiger partial charge in [0.15, 0.2) is 0 Å². The number of carbonyl (C=O) groups excluding carboxylic acids is 1. The van der Waals surface area contributed by atoms with E-state index in [0.717, 1.165) is 37.1 Å². The summed E-state index contributed by atoms with van der Waals surface area (Å²) in [5, 5.41) is 4.90.